The molecule has 2 amide bonds. The number of phenols is 1. The van der Waals surface area contributed by atoms with Gasteiger partial charge in [-0.05, 0) is 56.9 Å². The molecule has 0 aromatic heterocycles. The highest BCUT2D eigenvalue weighted by Gasteiger charge is 2.42. The van der Waals surface area contributed by atoms with Crippen LogP contribution >= 0.6 is 11.6 Å². The van der Waals surface area contributed by atoms with Crippen LogP contribution in [0.25, 0.3) is 0 Å². The summed E-state index contributed by atoms with van der Waals surface area (Å²) in [5.41, 5.74) is 0.400. The van der Waals surface area contributed by atoms with Gasteiger partial charge in [-0.25, -0.2) is 17.6 Å². The number of amides is 2. The lowest BCUT2D eigenvalue weighted by atomic mass is 10.1. The minimum atomic E-state index is -3.92. The molecule has 2 aliphatic rings. The fraction of sp³-hybridized carbons (Fsp3) is 0.381. The molecule has 0 aliphatic carbocycles. The number of hydrogen-bond acceptors (Lipinski definition) is 5. The molecule has 2 aromatic rings. The van der Waals surface area contributed by atoms with E-state index in [1.165, 1.54) is 37.3 Å². The van der Waals surface area contributed by atoms with Gasteiger partial charge in [0.2, 0.25) is 0 Å². The zero-order valence-corrected chi connectivity index (χ0v) is 18.4. The third-order valence-corrected chi connectivity index (χ3v) is 8.67. The van der Waals surface area contributed by atoms with Gasteiger partial charge in [0, 0.05) is 23.3 Å². The van der Waals surface area contributed by atoms with Crippen LogP contribution in [0.1, 0.15) is 31.2 Å². The van der Waals surface area contributed by atoms with E-state index in [1.807, 2.05) is 0 Å². The molecule has 0 spiro atoms. The zero-order valence-electron chi connectivity index (χ0n) is 16.8. The molecule has 0 saturated carbocycles. The quantitative estimate of drug-likeness (QED) is 0.504. The molecule has 4 rings (SSSR count). The lowest BCUT2D eigenvalue weighted by Crippen LogP contribution is -2.43. The summed E-state index contributed by atoms with van der Waals surface area (Å²) in [5.74, 6) is -1.08. The van der Waals surface area contributed by atoms with Crippen LogP contribution in [0.4, 0.5) is 20.6 Å². The van der Waals surface area contributed by atoms with E-state index < -0.39 is 32.7 Å². The molecule has 2 fully saturated rings. The highest BCUT2D eigenvalue weighted by molar-refractivity contribution is 7.92. The fourth-order valence-corrected chi connectivity index (χ4v) is 6.86. The van der Waals surface area contributed by atoms with E-state index in [-0.39, 0.29) is 38.9 Å². The van der Waals surface area contributed by atoms with Crippen LogP contribution in [0.3, 0.4) is 0 Å². The molecular formula is C21H23ClFN3O4S. The minimum Gasteiger partial charge on any atom is -0.504 e. The number of anilines is 2. The molecule has 7 nitrogen and oxygen atoms in total. The van der Waals surface area contributed by atoms with Crippen molar-refractivity contribution in [3.05, 3.63) is 46.7 Å². The molecule has 10 heteroatoms. The number of hydrogen-bond donors (Lipinski definition) is 4. The van der Waals surface area contributed by atoms with Gasteiger partial charge in [0.05, 0.1) is 16.0 Å². The van der Waals surface area contributed by atoms with Gasteiger partial charge in [-0.1, -0.05) is 17.7 Å². The maximum atomic E-state index is 13.7. The van der Waals surface area contributed by atoms with Crippen LogP contribution in [0, 0.1) is 12.7 Å². The highest BCUT2D eigenvalue weighted by atomic mass is 35.5. The number of aromatic hydroxyl groups is 1. The number of fused-ring (bicyclic) bond motifs is 2. The van der Waals surface area contributed by atoms with Gasteiger partial charge in [-0.2, -0.15) is 0 Å². The minimum absolute atomic E-state index is 0.102. The molecule has 2 heterocycles. The van der Waals surface area contributed by atoms with Crippen molar-refractivity contribution in [2.75, 3.05) is 10.6 Å². The largest absolute Gasteiger partial charge is 0.504 e. The van der Waals surface area contributed by atoms with Crippen molar-refractivity contribution in [1.29, 1.82) is 0 Å². The molecule has 0 radical (unpaired) electrons. The number of carbonyl (C=O) groups excluding carboxylic acids is 1. The number of piperidine rings is 1. The van der Waals surface area contributed by atoms with E-state index >= 15 is 0 Å². The maximum Gasteiger partial charge on any atom is 0.323 e. The second-order valence-corrected chi connectivity index (χ2v) is 10.6. The number of nitrogens with one attached hydrogen (secondary N) is 3. The first kappa shape index (κ1) is 21.9. The summed E-state index contributed by atoms with van der Waals surface area (Å²) in [6.07, 6.45) is 2.76. The average Bonchev–Trinajstić information content (AvgIpc) is 3.05. The molecular weight excluding hydrogens is 445 g/mol. The lowest BCUT2D eigenvalue weighted by molar-refractivity contribution is 0.262. The van der Waals surface area contributed by atoms with Gasteiger partial charge in [-0.3, -0.25) is 0 Å². The van der Waals surface area contributed by atoms with Crippen LogP contribution in [0.15, 0.2) is 35.2 Å². The molecule has 2 aliphatic heterocycles. The van der Waals surface area contributed by atoms with Gasteiger partial charge < -0.3 is 21.1 Å². The number of benzene rings is 2. The number of carbonyl (C=O) groups is 1. The van der Waals surface area contributed by atoms with Crippen molar-refractivity contribution >= 4 is 38.8 Å². The fourth-order valence-electron chi connectivity index (χ4n) is 4.36. The van der Waals surface area contributed by atoms with Crippen molar-refractivity contribution in [2.24, 2.45) is 0 Å². The molecule has 4 N–H and O–H groups in total. The first-order valence-electron chi connectivity index (χ1n) is 10.0. The summed E-state index contributed by atoms with van der Waals surface area (Å²) in [6.45, 7) is 1.52. The molecule has 3 atom stereocenters. The Morgan fingerprint density at radius 3 is 2.45 bits per heavy atom. The summed E-state index contributed by atoms with van der Waals surface area (Å²) in [4.78, 5) is 12.0. The lowest BCUT2D eigenvalue weighted by Gasteiger charge is -2.29. The van der Waals surface area contributed by atoms with E-state index in [1.54, 1.807) is 0 Å². The first-order valence-corrected chi connectivity index (χ1v) is 11.9. The highest BCUT2D eigenvalue weighted by Crippen LogP contribution is 2.42. The number of halogens is 2. The summed E-state index contributed by atoms with van der Waals surface area (Å²) in [7, 11) is -3.92. The molecule has 2 bridgehead atoms. The monoisotopic (exact) mass is 467 g/mol. The predicted molar refractivity (Wildman–Crippen MR) is 117 cm³/mol. The Hall–Kier alpha value is -2.36. The number of phenolic OH excluding ortho intramolecular Hbond substituents is 1. The van der Waals surface area contributed by atoms with Gasteiger partial charge in [0.25, 0.3) is 0 Å². The molecule has 31 heavy (non-hydrogen) atoms. The Balaban J connectivity index is 1.59. The van der Waals surface area contributed by atoms with Crippen molar-refractivity contribution in [2.45, 2.75) is 54.8 Å². The molecule has 2 saturated heterocycles. The van der Waals surface area contributed by atoms with E-state index in [2.05, 4.69) is 16.0 Å². The van der Waals surface area contributed by atoms with E-state index in [4.69, 9.17) is 11.6 Å². The van der Waals surface area contributed by atoms with Gasteiger partial charge in [-0.15, -0.1) is 0 Å². The smallest absolute Gasteiger partial charge is 0.323 e. The van der Waals surface area contributed by atoms with Crippen molar-refractivity contribution < 1.29 is 22.7 Å². The molecule has 0 unspecified atom stereocenters. The van der Waals surface area contributed by atoms with Crippen LogP contribution in [-0.2, 0) is 9.84 Å². The van der Waals surface area contributed by atoms with E-state index in [9.17, 15) is 22.7 Å². The molecule has 2 aromatic carbocycles. The Bertz CT molecular complexity index is 1130. The van der Waals surface area contributed by atoms with Crippen molar-refractivity contribution in [3.63, 3.8) is 0 Å². The second-order valence-electron chi connectivity index (χ2n) is 8.04. The Labute approximate surface area is 184 Å². The Morgan fingerprint density at radius 2 is 1.77 bits per heavy atom. The first-order chi connectivity index (χ1) is 14.7. The second kappa shape index (κ2) is 8.29. The van der Waals surface area contributed by atoms with E-state index in [0.717, 1.165) is 12.8 Å². The van der Waals surface area contributed by atoms with Crippen LogP contribution in [-0.4, -0.2) is 36.9 Å². The summed E-state index contributed by atoms with van der Waals surface area (Å²) in [5, 5.41) is 18.3. The SMILES string of the molecule is Cc1c(F)cccc1NC(=O)Nc1ccc(Cl)c(S(=O)(=O)[C@@H]2C[C@H]3CC[C@@H](C2)N3)c1O. The zero-order chi connectivity index (χ0) is 22.3. The third-order valence-electron chi connectivity index (χ3n) is 6.00. The predicted octanol–water partition coefficient (Wildman–Crippen LogP) is 4.19. The number of sulfone groups is 1. The van der Waals surface area contributed by atoms with Gasteiger partial charge in [0.1, 0.15) is 10.7 Å². The average molecular weight is 468 g/mol. The maximum absolute atomic E-state index is 13.7. The Morgan fingerprint density at radius 1 is 1.13 bits per heavy atom. The third kappa shape index (κ3) is 4.22. The standard InChI is InChI=1S/C21H23ClFN3O4S/c1-11-16(23)3-2-4-17(11)25-21(28)26-18-8-7-15(22)20(19(18)27)31(29,30)14-9-12-5-6-13(10-14)24-12/h2-4,7-8,12-14,24,27H,5-6,9-10H2,1H3,(H2,25,26,28)/t12-,13+,14-. The van der Waals surface area contributed by atoms with Crippen molar-refractivity contribution in [1.82, 2.24) is 5.32 Å². The van der Waals surface area contributed by atoms with Crippen molar-refractivity contribution in [3.8, 4) is 5.75 Å². The van der Waals surface area contributed by atoms with E-state index in [0.29, 0.717) is 12.8 Å². The van der Waals surface area contributed by atoms with Gasteiger partial charge >= 0.3 is 6.03 Å². The topological polar surface area (TPSA) is 108 Å². The summed E-state index contributed by atoms with van der Waals surface area (Å²) < 4.78 is 40.3. The normalized spacial score (nSPS) is 22.9. The number of rotatable bonds is 4. The molecule has 166 valence electrons. The summed E-state index contributed by atoms with van der Waals surface area (Å²) in [6, 6.07) is 6.42. The van der Waals surface area contributed by atoms with Crippen LogP contribution < -0.4 is 16.0 Å². The Kier molecular flexibility index (Phi) is 5.85. The van der Waals surface area contributed by atoms with Crippen LogP contribution in [0.5, 0.6) is 5.75 Å². The summed E-state index contributed by atoms with van der Waals surface area (Å²) >= 11 is 6.17. The van der Waals surface area contributed by atoms with Gasteiger partial charge in [0.15, 0.2) is 15.6 Å². The van der Waals surface area contributed by atoms with Crippen LogP contribution in [0.2, 0.25) is 5.02 Å². The number of urea groups is 1.